The average molecular weight is 406 g/mol. The van der Waals surface area contributed by atoms with Crippen LogP contribution in [0.4, 0.5) is 0 Å². The third-order valence-corrected chi connectivity index (χ3v) is 5.74. The maximum Gasteiger partial charge on any atom is 0.245 e. The van der Waals surface area contributed by atoms with E-state index in [1.165, 1.54) is 11.6 Å². The number of aromatic nitrogens is 3. The van der Waals surface area contributed by atoms with Crippen molar-refractivity contribution in [1.29, 1.82) is 0 Å². The summed E-state index contributed by atoms with van der Waals surface area (Å²) in [6.07, 6.45) is 3.98. The first-order valence-corrected chi connectivity index (χ1v) is 10.2. The molecule has 1 aliphatic rings. The fraction of sp³-hybridized carbons (Fsp3) is 0.348. The average Bonchev–Trinajstić information content (AvgIpc) is 3.38. The van der Waals surface area contributed by atoms with E-state index in [0.717, 1.165) is 42.5 Å². The van der Waals surface area contributed by atoms with E-state index in [0.29, 0.717) is 24.4 Å². The van der Waals surface area contributed by atoms with Crippen molar-refractivity contribution in [3.63, 3.8) is 0 Å². The minimum absolute atomic E-state index is 0.0313. The van der Waals surface area contributed by atoms with E-state index < -0.39 is 0 Å². The summed E-state index contributed by atoms with van der Waals surface area (Å²) in [5.41, 5.74) is 4.32. The quantitative estimate of drug-likeness (QED) is 0.463. The van der Waals surface area contributed by atoms with Crippen molar-refractivity contribution in [3.05, 3.63) is 54.2 Å². The molecule has 1 fully saturated rings. The number of H-pyrrole nitrogens is 1. The van der Waals surface area contributed by atoms with E-state index >= 15 is 0 Å². The fourth-order valence-corrected chi connectivity index (χ4v) is 4.22. The number of benzene rings is 1. The summed E-state index contributed by atoms with van der Waals surface area (Å²) in [5.74, 6) is 0.364. The van der Waals surface area contributed by atoms with Gasteiger partial charge in [-0.15, -0.1) is 10.2 Å². The first-order valence-electron chi connectivity index (χ1n) is 10.2. The van der Waals surface area contributed by atoms with Crippen molar-refractivity contribution in [3.8, 4) is 17.0 Å². The Kier molecular flexibility index (Phi) is 5.81. The van der Waals surface area contributed by atoms with Gasteiger partial charge in [0.2, 0.25) is 5.91 Å². The number of hydrogen-bond donors (Lipinski definition) is 2. The Morgan fingerprint density at radius 3 is 3.00 bits per heavy atom. The molecule has 1 atom stereocenters. The Labute approximate surface area is 175 Å². The minimum atomic E-state index is -0.0313. The maximum atomic E-state index is 12.0. The van der Waals surface area contributed by atoms with E-state index in [4.69, 9.17) is 4.74 Å². The molecule has 0 aliphatic carbocycles. The molecule has 1 aromatic carbocycles. The first-order chi connectivity index (χ1) is 14.6. The van der Waals surface area contributed by atoms with Gasteiger partial charge in [0.25, 0.3) is 0 Å². The number of nitrogens with one attached hydrogen (secondary N) is 1. The summed E-state index contributed by atoms with van der Waals surface area (Å²) >= 11 is 0. The van der Waals surface area contributed by atoms with E-state index in [1.807, 2.05) is 23.1 Å². The molecule has 1 amide bonds. The number of fused-ring (bicyclic) bond motifs is 1. The molecule has 0 spiro atoms. The zero-order valence-electron chi connectivity index (χ0n) is 17.1. The predicted molar refractivity (Wildman–Crippen MR) is 115 cm³/mol. The molecule has 7 heteroatoms. The Bertz CT molecular complexity index is 1080. The second-order valence-electron chi connectivity index (χ2n) is 7.60. The zero-order chi connectivity index (χ0) is 21.1. The van der Waals surface area contributed by atoms with E-state index in [2.05, 4.69) is 21.8 Å². The number of rotatable bonds is 7. The fourth-order valence-electron chi connectivity index (χ4n) is 4.22. The number of amides is 1. The smallest absolute Gasteiger partial charge is 0.245 e. The molecule has 0 bridgehead atoms. The number of aromatic amines is 1. The van der Waals surface area contributed by atoms with Crippen LogP contribution in [0, 0.1) is 0 Å². The number of para-hydroxylation sites is 1. The highest BCUT2D eigenvalue weighted by molar-refractivity contribution is 5.88. The molecule has 30 heavy (non-hydrogen) atoms. The number of likely N-dealkylation sites (tertiary alicyclic amines) is 1. The third-order valence-electron chi connectivity index (χ3n) is 5.74. The van der Waals surface area contributed by atoms with Crippen LogP contribution in [-0.4, -0.2) is 57.9 Å². The Balaban J connectivity index is 1.74. The van der Waals surface area contributed by atoms with Crippen LogP contribution in [0.2, 0.25) is 0 Å². The molecule has 3 aromatic rings. The molecule has 1 saturated heterocycles. The molecule has 4 rings (SSSR count). The molecule has 156 valence electrons. The normalized spacial score (nSPS) is 16.3. The van der Waals surface area contributed by atoms with Gasteiger partial charge in [-0.25, -0.2) is 0 Å². The van der Waals surface area contributed by atoms with Gasteiger partial charge in [0.05, 0.1) is 5.69 Å². The van der Waals surface area contributed by atoms with Crippen LogP contribution in [0.15, 0.2) is 43.0 Å². The summed E-state index contributed by atoms with van der Waals surface area (Å²) in [6.45, 7) is 5.65. The van der Waals surface area contributed by atoms with Gasteiger partial charge in [-0.1, -0.05) is 18.7 Å². The number of phenolic OH excluding ortho intramolecular Hbond substituents is 1. The summed E-state index contributed by atoms with van der Waals surface area (Å²) in [5, 5.41) is 20.0. The summed E-state index contributed by atoms with van der Waals surface area (Å²) in [6, 6.07) is 9.12. The van der Waals surface area contributed by atoms with Gasteiger partial charge in [0, 0.05) is 49.4 Å². The first kappa shape index (κ1) is 20.1. The summed E-state index contributed by atoms with van der Waals surface area (Å²) in [7, 11) is 1.70. The van der Waals surface area contributed by atoms with E-state index in [1.54, 1.807) is 19.2 Å². The third kappa shape index (κ3) is 3.80. The van der Waals surface area contributed by atoms with Crippen molar-refractivity contribution < 1.29 is 14.6 Å². The van der Waals surface area contributed by atoms with Crippen LogP contribution in [0.25, 0.3) is 22.3 Å². The van der Waals surface area contributed by atoms with Gasteiger partial charge >= 0.3 is 0 Å². The maximum absolute atomic E-state index is 12.0. The van der Waals surface area contributed by atoms with Crippen LogP contribution in [0.3, 0.4) is 0 Å². The molecule has 1 aliphatic heterocycles. The number of carbonyl (C=O) groups excluding carboxylic acids is 1. The van der Waals surface area contributed by atoms with Crippen LogP contribution >= 0.6 is 0 Å². The van der Waals surface area contributed by atoms with Crippen molar-refractivity contribution in [2.24, 2.45) is 0 Å². The number of ether oxygens (including phenoxy) is 1. The van der Waals surface area contributed by atoms with Gasteiger partial charge in [-0.3, -0.25) is 4.79 Å². The number of nitrogens with zero attached hydrogens (tertiary/aromatic N) is 3. The lowest BCUT2D eigenvalue weighted by Crippen LogP contribution is -2.26. The highest BCUT2D eigenvalue weighted by Crippen LogP contribution is 2.35. The van der Waals surface area contributed by atoms with Gasteiger partial charge in [0.15, 0.2) is 5.65 Å². The number of phenols is 1. The van der Waals surface area contributed by atoms with Crippen LogP contribution in [0.5, 0.6) is 5.75 Å². The lowest BCUT2D eigenvalue weighted by molar-refractivity contribution is -0.125. The monoisotopic (exact) mass is 406 g/mol. The topological polar surface area (TPSA) is 91.3 Å². The Morgan fingerprint density at radius 2 is 2.23 bits per heavy atom. The number of aromatic hydroxyl groups is 1. The van der Waals surface area contributed by atoms with E-state index in [-0.39, 0.29) is 17.6 Å². The van der Waals surface area contributed by atoms with Gasteiger partial charge in [-0.05, 0) is 49.1 Å². The number of methoxy groups -OCH3 is 1. The lowest BCUT2D eigenvalue weighted by Gasteiger charge is -2.15. The minimum Gasteiger partial charge on any atom is -0.507 e. The molecule has 2 aromatic heterocycles. The summed E-state index contributed by atoms with van der Waals surface area (Å²) < 4.78 is 5.25. The molecule has 7 nitrogen and oxygen atoms in total. The summed E-state index contributed by atoms with van der Waals surface area (Å²) in [4.78, 5) is 17.3. The molecule has 0 unspecified atom stereocenters. The van der Waals surface area contributed by atoms with Crippen molar-refractivity contribution in [2.75, 3.05) is 26.8 Å². The second-order valence-corrected chi connectivity index (χ2v) is 7.60. The Morgan fingerprint density at radius 1 is 1.40 bits per heavy atom. The van der Waals surface area contributed by atoms with Crippen molar-refractivity contribution in [2.45, 2.75) is 25.2 Å². The number of hydrogen-bond acceptors (Lipinski definition) is 5. The van der Waals surface area contributed by atoms with Crippen LogP contribution in [-0.2, 0) is 16.0 Å². The zero-order valence-corrected chi connectivity index (χ0v) is 17.1. The largest absolute Gasteiger partial charge is 0.507 e. The second kappa shape index (κ2) is 8.67. The van der Waals surface area contributed by atoms with Gasteiger partial charge in [0.1, 0.15) is 5.75 Å². The van der Waals surface area contributed by atoms with Crippen LogP contribution < -0.4 is 0 Å². The molecular weight excluding hydrogens is 380 g/mol. The lowest BCUT2D eigenvalue weighted by atomic mass is 9.96. The molecule has 3 heterocycles. The SMILES string of the molecule is C=CC(=O)N1CC[C@@H](c2[nH]c3nnc(-c4ccccc4O)cc3c2CCCOC)C1. The van der Waals surface area contributed by atoms with Crippen LogP contribution in [0.1, 0.15) is 30.0 Å². The van der Waals surface area contributed by atoms with Gasteiger partial charge in [-0.2, -0.15) is 0 Å². The Hall–Kier alpha value is -3.19. The van der Waals surface area contributed by atoms with Crippen molar-refractivity contribution in [1.82, 2.24) is 20.1 Å². The van der Waals surface area contributed by atoms with Gasteiger partial charge < -0.3 is 19.7 Å². The number of carbonyl (C=O) groups is 1. The van der Waals surface area contributed by atoms with E-state index in [9.17, 15) is 9.90 Å². The highest BCUT2D eigenvalue weighted by Gasteiger charge is 2.30. The standard InChI is InChI=1S/C23H26N4O3/c1-3-21(29)27-11-10-15(14-27)22-16(8-6-12-30-2)18-13-19(25-26-23(18)24-22)17-7-4-5-9-20(17)28/h3-5,7,9,13,15,28H,1,6,8,10-12,14H2,2H3,(H,24,26)/t15-/m1/s1. The molecule has 2 N–H and O–H groups in total. The number of aryl methyl sites for hydroxylation is 1. The predicted octanol–water partition coefficient (Wildman–Crippen LogP) is 3.41. The van der Waals surface area contributed by atoms with Crippen molar-refractivity contribution >= 4 is 16.9 Å². The highest BCUT2D eigenvalue weighted by atomic mass is 16.5. The molecule has 0 saturated carbocycles. The molecular formula is C23H26N4O3. The molecule has 0 radical (unpaired) electrons.